The van der Waals surface area contributed by atoms with Crippen LogP contribution in [0.5, 0.6) is 0 Å². The molecule has 264 valence electrons. The second kappa shape index (κ2) is 11.7. The van der Waals surface area contributed by atoms with Gasteiger partial charge in [-0.05, 0) is 100 Å². The monoisotopic (exact) mass is 740 g/mol. The molecule has 0 N–H and O–H groups in total. The van der Waals surface area contributed by atoms with E-state index in [0.29, 0.717) is 0 Å². The second-order valence-electron chi connectivity index (χ2n) is 15.3. The minimum atomic E-state index is 1.18. The molecule has 0 aliphatic carbocycles. The summed E-state index contributed by atoms with van der Waals surface area (Å²) in [4.78, 5) is 0. The lowest BCUT2D eigenvalue weighted by atomic mass is 9.96. The molecule has 0 aliphatic heterocycles. The average molecular weight is 741 g/mol. The van der Waals surface area contributed by atoms with Crippen LogP contribution in [0.3, 0.4) is 0 Å². The van der Waals surface area contributed by atoms with Gasteiger partial charge in [0.25, 0.3) is 0 Å². The van der Waals surface area contributed by atoms with Crippen LogP contribution in [-0.2, 0) is 0 Å². The van der Waals surface area contributed by atoms with E-state index in [2.05, 4.69) is 203 Å². The first-order valence-electron chi connectivity index (χ1n) is 19.6. The van der Waals surface area contributed by atoms with Crippen molar-refractivity contribution in [2.45, 2.75) is 0 Å². The largest absolute Gasteiger partial charge is 0.309 e. The van der Waals surface area contributed by atoms with Crippen LogP contribution < -0.4 is 0 Å². The molecule has 0 spiro atoms. The summed E-state index contributed by atoms with van der Waals surface area (Å²) < 4.78 is 7.56. The first kappa shape index (κ1) is 31.1. The molecule has 0 atom stereocenters. The zero-order valence-electron chi connectivity index (χ0n) is 30.8. The molecule has 4 heterocycles. The zero-order valence-corrected chi connectivity index (χ0v) is 31.6. The first-order valence-corrected chi connectivity index (χ1v) is 20.4. The van der Waals surface area contributed by atoms with Gasteiger partial charge in [0.2, 0.25) is 0 Å². The standard InChI is InChI=1S/C54H32N2S/c1-2-14-38(15-3-1)55-48-21-7-4-16-40(48)45-29-35(25-27-50(45)55)33-12-10-13-34(28-33)36-24-26-42-47-31-37(39-19-11-20-44-43-18-6-9-23-52(43)57-54(39)44)30-46-41-17-5-8-22-49(41)56(53(46)47)51(42)32-36/h1-32H. The lowest BCUT2D eigenvalue weighted by Gasteiger charge is -2.09. The summed E-state index contributed by atoms with van der Waals surface area (Å²) in [5.41, 5.74) is 14.8. The Labute approximate surface area is 332 Å². The molecular weight excluding hydrogens is 709 g/mol. The van der Waals surface area contributed by atoms with Gasteiger partial charge < -0.3 is 8.97 Å². The minimum absolute atomic E-state index is 1.18. The Morgan fingerprint density at radius 2 is 0.895 bits per heavy atom. The number of fused-ring (bicyclic) bond motifs is 12. The normalized spacial score (nSPS) is 12.2. The molecule has 13 rings (SSSR count). The molecule has 0 bridgehead atoms. The van der Waals surface area contributed by atoms with Crippen molar-refractivity contribution in [2.24, 2.45) is 0 Å². The summed E-state index contributed by atoms with van der Waals surface area (Å²) in [7, 11) is 0. The third kappa shape index (κ3) is 4.40. The molecule has 0 fully saturated rings. The highest BCUT2D eigenvalue weighted by Gasteiger charge is 2.21. The Hall–Kier alpha value is -7.20. The van der Waals surface area contributed by atoms with Gasteiger partial charge in [0, 0.05) is 58.2 Å². The van der Waals surface area contributed by atoms with Gasteiger partial charge in [-0.3, -0.25) is 0 Å². The first-order chi connectivity index (χ1) is 28.3. The molecule has 4 aromatic heterocycles. The molecular formula is C54H32N2S. The molecule has 2 nitrogen and oxygen atoms in total. The molecule has 0 saturated heterocycles. The SMILES string of the molecule is c1ccc(-n2c3ccccc3c3cc(-c4cccc(-c5ccc6c7cc(-c8cccc9c8sc8ccccc89)cc8c9ccccc9n(c6c5)c87)c4)ccc32)cc1. The van der Waals surface area contributed by atoms with Crippen LogP contribution in [0.25, 0.3) is 119 Å². The van der Waals surface area contributed by atoms with E-state index in [4.69, 9.17) is 0 Å². The highest BCUT2D eigenvalue weighted by atomic mass is 32.1. The maximum absolute atomic E-state index is 2.50. The molecule has 0 saturated carbocycles. The van der Waals surface area contributed by atoms with E-state index in [-0.39, 0.29) is 0 Å². The van der Waals surface area contributed by atoms with Gasteiger partial charge in [-0.2, -0.15) is 0 Å². The summed E-state index contributed by atoms with van der Waals surface area (Å²) in [5, 5.41) is 10.4. The number of hydrogen-bond donors (Lipinski definition) is 0. The van der Waals surface area contributed by atoms with E-state index in [9.17, 15) is 0 Å². The number of nitrogens with zero attached hydrogens (tertiary/aromatic N) is 2. The van der Waals surface area contributed by atoms with Crippen molar-refractivity contribution in [1.82, 2.24) is 8.97 Å². The van der Waals surface area contributed by atoms with E-state index in [1.807, 2.05) is 11.3 Å². The molecule has 13 aromatic rings. The lowest BCUT2D eigenvalue weighted by molar-refractivity contribution is 1.18. The van der Waals surface area contributed by atoms with Gasteiger partial charge in [0.15, 0.2) is 0 Å². The van der Waals surface area contributed by atoms with Crippen LogP contribution in [0.15, 0.2) is 194 Å². The molecule has 3 heteroatoms. The third-order valence-corrected chi connectivity index (χ3v) is 13.4. The molecule has 0 amide bonds. The van der Waals surface area contributed by atoms with Gasteiger partial charge in [0.05, 0.1) is 27.6 Å². The summed E-state index contributed by atoms with van der Waals surface area (Å²) >= 11 is 1.90. The number of thiophene rings is 1. The number of hydrogen-bond acceptors (Lipinski definition) is 1. The number of para-hydroxylation sites is 3. The van der Waals surface area contributed by atoms with Gasteiger partial charge >= 0.3 is 0 Å². The maximum Gasteiger partial charge on any atom is 0.0620 e. The van der Waals surface area contributed by atoms with E-state index in [1.54, 1.807) is 0 Å². The zero-order chi connectivity index (χ0) is 37.2. The van der Waals surface area contributed by atoms with Crippen LogP contribution in [-0.4, -0.2) is 8.97 Å². The fraction of sp³-hybridized carbons (Fsp3) is 0. The molecule has 57 heavy (non-hydrogen) atoms. The summed E-state index contributed by atoms with van der Waals surface area (Å²) in [6, 6.07) is 71.8. The average Bonchev–Trinajstić information content (AvgIpc) is 4.02. The van der Waals surface area contributed by atoms with E-state index < -0.39 is 0 Å². The Morgan fingerprint density at radius 1 is 0.316 bits per heavy atom. The van der Waals surface area contributed by atoms with Crippen molar-refractivity contribution in [3.05, 3.63) is 194 Å². The van der Waals surface area contributed by atoms with Crippen LogP contribution in [0.4, 0.5) is 0 Å². The number of benzene rings is 9. The van der Waals surface area contributed by atoms with Crippen LogP contribution in [0.1, 0.15) is 0 Å². The fourth-order valence-electron chi connectivity index (χ4n) is 9.69. The lowest BCUT2D eigenvalue weighted by Crippen LogP contribution is -1.92. The van der Waals surface area contributed by atoms with Crippen molar-refractivity contribution in [1.29, 1.82) is 0 Å². The predicted molar refractivity (Wildman–Crippen MR) is 245 cm³/mol. The van der Waals surface area contributed by atoms with E-state index in [1.165, 1.54) is 119 Å². The van der Waals surface area contributed by atoms with Gasteiger partial charge in [0.1, 0.15) is 0 Å². The maximum atomic E-state index is 2.50. The van der Waals surface area contributed by atoms with Crippen molar-refractivity contribution in [3.63, 3.8) is 0 Å². The Morgan fingerprint density at radius 3 is 1.72 bits per heavy atom. The number of aromatic nitrogens is 2. The van der Waals surface area contributed by atoms with Crippen LogP contribution in [0, 0.1) is 0 Å². The van der Waals surface area contributed by atoms with Crippen molar-refractivity contribution >= 4 is 91.4 Å². The molecule has 0 radical (unpaired) electrons. The summed E-state index contributed by atoms with van der Waals surface area (Å²) in [5.74, 6) is 0. The van der Waals surface area contributed by atoms with Crippen molar-refractivity contribution in [3.8, 4) is 39.1 Å². The quantitative estimate of drug-likeness (QED) is 0.170. The van der Waals surface area contributed by atoms with Crippen molar-refractivity contribution in [2.75, 3.05) is 0 Å². The Bertz CT molecular complexity index is 3750. The minimum Gasteiger partial charge on any atom is -0.309 e. The van der Waals surface area contributed by atoms with Crippen LogP contribution in [0.2, 0.25) is 0 Å². The fourth-order valence-corrected chi connectivity index (χ4v) is 10.9. The van der Waals surface area contributed by atoms with Gasteiger partial charge in [-0.1, -0.05) is 127 Å². The second-order valence-corrected chi connectivity index (χ2v) is 16.3. The van der Waals surface area contributed by atoms with E-state index in [0.717, 1.165) is 0 Å². The van der Waals surface area contributed by atoms with Gasteiger partial charge in [-0.25, -0.2) is 0 Å². The highest BCUT2D eigenvalue weighted by Crippen LogP contribution is 2.46. The molecule has 9 aromatic carbocycles. The van der Waals surface area contributed by atoms with Crippen molar-refractivity contribution < 1.29 is 0 Å². The summed E-state index contributed by atoms with van der Waals surface area (Å²) in [6.07, 6.45) is 0. The molecule has 0 aliphatic rings. The topological polar surface area (TPSA) is 9.34 Å². The smallest absolute Gasteiger partial charge is 0.0620 e. The van der Waals surface area contributed by atoms with Gasteiger partial charge in [-0.15, -0.1) is 11.3 Å². The summed E-state index contributed by atoms with van der Waals surface area (Å²) in [6.45, 7) is 0. The van der Waals surface area contributed by atoms with E-state index >= 15 is 0 Å². The number of rotatable bonds is 4. The Kier molecular flexibility index (Phi) is 6.35. The predicted octanol–water partition coefficient (Wildman–Crippen LogP) is 15.3. The Balaban J connectivity index is 0.978. The van der Waals surface area contributed by atoms with Crippen LogP contribution >= 0.6 is 11.3 Å². The molecule has 0 unspecified atom stereocenters. The third-order valence-electron chi connectivity index (χ3n) is 12.2. The highest BCUT2D eigenvalue weighted by molar-refractivity contribution is 7.26.